The summed E-state index contributed by atoms with van der Waals surface area (Å²) in [6.45, 7) is 4.14. The number of hydrogen-bond acceptors (Lipinski definition) is 15. The normalized spacial score (nSPS) is 11.1. The number of aromatic nitrogens is 15. The van der Waals surface area contributed by atoms with Gasteiger partial charge in [0.1, 0.15) is 0 Å². The molecule has 0 amide bonds. The third-order valence-electron chi connectivity index (χ3n) is 12.7. The molecule has 0 bridgehead atoms. The highest BCUT2D eigenvalue weighted by Gasteiger charge is 2.19. The van der Waals surface area contributed by atoms with E-state index in [4.69, 9.17) is 17.3 Å². The van der Waals surface area contributed by atoms with E-state index < -0.39 is 15.4 Å². The summed E-state index contributed by atoms with van der Waals surface area (Å²) in [5.41, 5.74) is 12.0. The number of H-pyrrole nitrogens is 4. The number of aryl methyl sites for hydroxylation is 2. The van der Waals surface area contributed by atoms with Crippen molar-refractivity contribution in [1.82, 2.24) is 73.9 Å². The first-order valence-corrected chi connectivity index (χ1v) is 29.4. The van der Waals surface area contributed by atoms with Gasteiger partial charge in [-0.25, -0.2) is 23.4 Å². The molecule has 6 aromatic carbocycles. The highest BCUT2D eigenvalue weighted by molar-refractivity contribution is 7.98. The van der Waals surface area contributed by atoms with Gasteiger partial charge in [-0.2, -0.15) is 33.5 Å². The van der Waals surface area contributed by atoms with Crippen LogP contribution in [0.4, 0.5) is 5.95 Å². The van der Waals surface area contributed by atoms with Crippen LogP contribution in [-0.2, 0) is 40.1 Å². The number of nitrogens with zero attached hydrogens (tertiary/aromatic N) is 11. The molecule has 0 aliphatic carbocycles. The summed E-state index contributed by atoms with van der Waals surface area (Å²) in [5.74, 6) is 4.02. The molecule has 0 unspecified atom stereocenters. The van der Waals surface area contributed by atoms with Crippen LogP contribution in [0.2, 0.25) is 0 Å². The number of nitrogens with two attached hydrogens (primary N) is 1. The summed E-state index contributed by atoms with van der Waals surface area (Å²) in [5, 5.41) is 15.3. The van der Waals surface area contributed by atoms with Crippen molar-refractivity contribution in [3.8, 4) is 45.6 Å². The summed E-state index contributed by atoms with van der Waals surface area (Å²) in [7, 11) is -3.62. The van der Waals surface area contributed by atoms with Crippen molar-refractivity contribution in [2.45, 2.75) is 53.9 Å². The molecule has 84 heavy (non-hydrogen) atoms. The van der Waals surface area contributed by atoms with Gasteiger partial charge in [0.25, 0.3) is 34.0 Å². The Labute approximate surface area is 488 Å². The average molecular weight is 1180 g/mol. The molecule has 7 aromatic heterocycles. The zero-order valence-corrected chi connectivity index (χ0v) is 47.6. The van der Waals surface area contributed by atoms with E-state index in [9.17, 15) is 22.8 Å². The van der Waals surface area contributed by atoms with Crippen molar-refractivity contribution >= 4 is 56.5 Å². The summed E-state index contributed by atoms with van der Waals surface area (Å²) < 4.78 is 29.3. The minimum atomic E-state index is -3.62. The summed E-state index contributed by atoms with van der Waals surface area (Å²) in [6, 6.07) is 57.7. The van der Waals surface area contributed by atoms with Crippen molar-refractivity contribution in [3.63, 3.8) is 0 Å². The first-order valence-electron chi connectivity index (χ1n) is 26.3. The van der Waals surface area contributed by atoms with Gasteiger partial charge < -0.3 is 5.73 Å². The van der Waals surface area contributed by atoms with Crippen molar-refractivity contribution in [2.24, 2.45) is 0 Å². The van der Waals surface area contributed by atoms with Crippen molar-refractivity contribution < 1.29 is 8.42 Å². The minimum absolute atomic E-state index is 0.137. The topological polar surface area (TPSA) is 291 Å². The summed E-state index contributed by atoms with van der Waals surface area (Å²) in [4.78, 5) is 68.0. The largest absolute Gasteiger partial charge is 0.366 e. The maximum atomic E-state index is 12.7. The zero-order chi connectivity index (χ0) is 58.6. The van der Waals surface area contributed by atoms with Crippen LogP contribution in [0.25, 0.3) is 62.9 Å². The highest BCUT2D eigenvalue weighted by Crippen LogP contribution is 2.24. The molecule has 0 saturated heterocycles. The van der Waals surface area contributed by atoms with Crippen LogP contribution in [-0.4, -0.2) is 82.3 Å². The maximum absolute atomic E-state index is 12.7. The number of hydrogen-bond donors (Lipinski definition) is 5. The van der Waals surface area contributed by atoms with E-state index >= 15 is 0 Å². The number of rotatable bonds is 13. The Bertz CT molecular complexity index is 4630. The van der Waals surface area contributed by atoms with Gasteiger partial charge in [-0.05, 0) is 48.2 Å². The molecule has 0 fully saturated rings. The average Bonchev–Trinajstić information content (AvgIpc) is 4.09. The fourth-order valence-electron chi connectivity index (χ4n) is 8.36. The second-order valence-electron chi connectivity index (χ2n) is 18.6. The van der Waals surface area contributed by atoms with Gasteiger partial charge in [0.2, 0.25) is 5.95 Å². The standard InChI is InChI=1S/C20H18N4O3S.C20H18N4OS.C12H9ClN4O.C8H8N4/c1-2-14-8-10-17(11-9-14)28(26,27)13-16-12-18(25)24-20(21-16)22-19(23-24)15-6-4-3-5-7-15;1-2-14-8-10-17(11-9-14)26-13-16-12-18(25)24-20(21-16)22-19(23-24)15-6-4-3-5-7-15;13-7-9-6-10(18)17-12(14-9)15-11(16-17)8-4-2-1-3-5-8;9-8-10-7(11-12-8)6-4-2-1-3-5-6/h3-12H,2,13H2,1H3,(H,21,22,23);3-12H,2,13H2,1H3,(H,21,22,23);1-6H,7H2,(H,14,15,16);1-5H,(H3,9,10,11,12). The van der Waals surface area contributed by atoms with Crippen molar-refractivity contribution in [1.29, 1.82) is 0 Å². The molecule has 13 aromatic rings. The van der Waals surface area contributed by atoms with E-state index in [1.165, 1.54) is 31.2 Å². The Morgan fingerprint density at radius 3 is 1.26 bits per heavy atom. The third-order valence-corrected chi connectivity index (χ3v) is 15.7. The van der Waals surface area contributed by atoms with E-state index in [1.54, 1.807) is 42.1 Å². The molecule has 0 radical (unpaired) electrons. The second-order valence-corrected chi connectivity index (χ2v) is 21.9. The second kappa shape index (κ2) is 26.2. The first-order chi connectivity index (χ1) is 40.8. The minimum Gasteiger partial charge on any atom is -0.366 e. The lowest BCUT2D eigenvalue weighted by atomic mass is 10.2. The van der Waals surface area contributed by atoms with E-state index in [2.05, 4.69) is 91.6 Å². The smallest absolute Gasteiger partial charge is 0.274 e. The van der Waals surface area contributed by atoms with E-state index in [0.717, 1.165) is 51.2 Å². The Balaban J connectivity index is 0.000000130. The van der Waals surface area contributed by atoms with E-state index in [0.29, 0.717) is 46.3 Å². The Morgan fingerprint density at radius 1 is 0.476 bits per heavy atom. The Hall–Kier alpha value is -10.1. The number of fused-ring (bicyclic) bond motifs is 3. The lowest BCUT2D eigenvalue weighted by Gasteiger charge is -2.05. The third kappa shape index (κ3) is 14.0. The molecule has 0 aliphatic heterocycles. The number of nitrogen functional groups attached to an aromatic ring is 1. The molecule has 21 nitrogen and oxygen atoms in total. The van der Waals surface area contributed by atoms with Crippen LogP contribution in [0.3, 0.4) is 0 Å². The fraction of sp³-hybridized carbons (Fsp3) is 0.117. The van der Waals surface area contributed by atoms with Crippen LogP contribution in [0.1, 0.15) is 42.1 Å². The van der Waals surface area contributed by atoms with Gasteiger partial charge in [0, 0.05) is 51.1 Å². The number of benzene rings is 6. The Morgan fingerprint density at radius 2 is 0.857 bits per heavy atom. The number of aromatic amines is 4. The number of thioether (sulfide) groups is 1. The van der Waals surface area contributed by atoms with Crippen LogP contribution >= 0.6 is 23.4 Å². The van der Waals surface area contributed by atoms with Gasteiger partial charge in [-0.1, -0.05) is 159 Å². The van der Waals surface area contributed by atoms with Gasteiger partial charge in [0.05, 0.1) is 33.6 Å². The molecule has 0 aliphatic rings. The molecule has 13 rings (SSSR count). The lowest BCUT2D eigenvalue weighted by Crippen LogP contribution is -2.17. The predicted molar refractivity (Wildman–Crippen MR) is 325 cm³/mol. The lowest BCUT2D eigenvalue weighted by molar-refractivity contribution is 0.594. The molecular formula is C60H53ClN16O5S2. The molecule has 6 N–H and O–H groups in total. The number of halogens is 1. The quantitative estimate of drug-likeness (QED) is 0.0530. The van der Waals surface area contributed by atoms with Crippen LogP contribution in [0, 0.1) is 0 Å². The van der Waals surface area contributed by atoms with E-state index in [1.807, 2.05) is 128 Å². The zero-order valence-electron chi connectivity index (χ0n) is 45.2. The summed E-state index contributed by atoms with van der Waals surface area (Å²) in [6.07, 6.45) is 1.86. The van der Waals surface area contributed by atoms with Crippen LogP contribution in [0.15, 0.2) is 212 Å². The van der Waals surface area contributed by atoms with Gasteiger partial charge in [0.15, 0.2) is 33.1 Å². The van der Waals surface area contributed by atoms with Gasteiger partial charge in [-0.15, -0.1) is 28.5 Å². The first kappa shape index (κ1) is 57.1. The van der Waals surface area contributed by atoms with Crippen molar-refractivity contribution in [3.05, 3.63) is 247 Å². The number of anilines is 1. The molecular weight excluding hydrogens is 1120 g/mol. The highest BCUT2D eigenvalue weighted by atomic mass is 35.5. The van der Waals surface area contributed by atoms with Crippen molar-refractivity contribution in [2.75, 3.05) is 5.73 Å². The maximum Gasteiger partial charge on any atom is 0.274 e. The molecule has 0 atom stereocenters. The van der Waals surface area contributed by atoms with E-state index in [-0.39, 0.29) is 45.1 Å². The van der Waals surface area contributed by atoms with Gasteiger partial charge >= 0.3 is 0 Å². The van der Waals surface area contributed by atoms with Gasteiger partial charge in [-0.3, -0.25) is 34.8 Å². The van der Waals surface area contributed by atoms with Crippen LogP contribution < -0.4 is 22.4 Å². The summed E-state index contributed by atoms with van der Waals surface area (Å²) >= 11 is 7.34. The molecule has 7 heterocycles. The number of nitrogens with one attached hydrogen (secondary N) is 4. The SMILES string of the molecule is CCc1ccc(S(=O)(=O)Cc2cc(=O)n3[nH]c(-c4ccccc4)nc3n2)cc1.CCc1ccc(SCc2cc(=O)n3[nH]c(-c4ccccc4)nc3n2)cc1.Nc1n[nH]c(-c2ccccc2)n1.O=c1cc(CCl)nc2nc(-c3ccccc3)[nH]n12. The number of alkyl halides is 1. The Kier molecular flexibility index (Phi) is 17.8. The molecule has 24 heteroatoms. The molecule has 422 valence electrons. The molecule has 0 spiro atoms. The number of sulfone groups is 1. The predicted octanol–water partition coefficient (Wildman–Crippen LogP) is 9.44. The van der Waals surface area contributed by atoms with Crippen LogP contribution in [0.5, 0.6) is 0 Å². The fourth-order valence-corrected chi connectivity index (χ4v) is 10.5. The molecule has 0 saturated carbocycles. The monoisotopic (exact) mass is 1180 g/mol.